The second kappa shape index (κ2) is 8.67. The van der Waals surface area contributed by atoms with E-state index in [1.807, 2.05) is 30.3 Å². The van der Waals surface area contributed by atoms with Crippen molar-refractivity contribution in [1.29, 1.82) is 0 Å². The largest absolute Gasteiger partial charge is 0.495 e. The van der Waals surface area contributed by atoms with Gasteiger partial charge in [-0.1, -0.05) is 23.7 Å². The highest BCUT2D eigenvalue weighted by atomic mass is 35.5. The lowest BCUT2D eigenvalue weighted by atomic mass is 10.2. The topological polar surface area (TPSA) is 47.2 Å². The van der Waals surface area contributed by atoms with Crippen molar-refractivity contribution in [1.82, 2.24) is 0 Å². The first-order valence-electron chi connectivity index (χ1n) is 8.48. The van der Waals surface area contributed by atoms with Gasteiger partial charge in [-0.2, -0.15) is 0 Å². The van der Waals surface area contributed by atoms with E-state index in [0.717, 1.165) is 42.7 Å². The number of hydrogen-bond donors (Lipinski definition) is 3. The van der Waals surface area contributed by atoms with Gasteiger partial charge in [0.05, 0.1) is 22.0 Å². The Labute approximate surface area is 157 Å². The lowest BCUT2D eigenvalue weighted by molar-refractivity contribution is -1.01. The average Bonchev–Trinajstić information content (AvgIpc) is 3.02. The second-order valence-electron chi connectivity index (χ2n) is 6.31. The number of quaternary nitrogens is 2. The molecule has 1 aromatic carbocycles. The van der Waals surface area contributed by atoms with E-state index in [4.69, 9.17) is 16.3 Å². The fourth-order valence-corrected chi connectivity index (χ4v) is 4.33. The lowest BCUT2D eigenvalue weighted by Crippen LogP contribution is -3.28. The Bertz CT molecular complexity index is 714. The number of para-hydroxylation sites is 2. The predicted molar refractivity (Wildman–Crippen MR) is 101 cm³/mol. The summed E-state index contributed by atoms with van der Waals surface area (Å²) in [6.45, 7) is 5.69. The average molecular weight is 382 g/mol. The number of ether oxygens (including phenoxy) is 1. The number of methoxy groups -OCH3 is 1. The summed E-state index contributed by atoms with van der Waals surface area (Å²) in [6.07, 6.45) is 0. The van der Waals surface area contributed by atoms with Crippen LogP contribution in [0, 0.1) is 0 Å². The van der Waals surface area contributed by atoms with Crippen molar-refractivity contribution >= 4 is 34.5 Å². The summed E-state index contributed by atoms with van der Waals surface area (Å²) in [7, 11) is 1.61. The number of hydrogen-bond acceptors (Lipinski definition) is 3. The maximum Gasteiger partial charge on any atom is 0.279 e. The van der Waals surface area contributed by atoms with Gasteiger partial charge in [0.25, 0.3) is 5.91 Å². The van der Waals surface area contributed by atoms with Gasteiger partial charge in [-0.05, 0) is 24.3 Å². The molecule has 1 fully saturated rings. The Kier molecular flexibility index (Phi) is 6.31. The van der Waals surface area contributed by atoms with E-state index in [1.165, 1.54) is 9.78 Å². The number of halogens is 1. The maximum absolute atomic E-state index is 12.3. The normalized spacial score (nSPS) is 20.2. The predicted octanol–water partition coefficient (Wildman–Crippen LogP) is 0.332. The number of thiophene rings is 1. The first-order chi connectivity index (χ1) is 12.1. The minimum Gasteiger partial charge on any atom is -0.495 e. The third-order valence-corrected chi connectivity index (χ3v) is 5.74. The molecule has 0 spiro atoms. The highest BCUT2D eigenvalue weighted by Gasteiger charge is 2.25. The fraction of sp³-hybridized carbons (Fsp3) is 0.389. The van der Waals surface area contributed by atoms with Gasteiger partial charge in [-0.15, -0.1) is 11.3 Å². The maximum atomic E-state index is 12.3. The number of amides is 1. The minimum absolute atomic E-state index is 0.0352. The molecular weight excluding hydrogens is 358 g/mol. The Morgan fingerprint density at radius 1 is 1.16 bits per heavy atom. The van der Waals surface area contributed by atoms with Crippen molar-refractivity contribution < 1.29 is 19.3 Å². The molecule has 134 valence electrons. The van der Waals surface area contributed by atoms with Crippen LogP contribution < -0.4 is 19.9 Å². The zero-order valence-electron chi connectivity index (χ0n) is 14.3. The van der Waals surface area contributed by atoms with E-state index < -0.39 is 0 Å². The number of anilines is 1. The van der Waals surface area contributed by atoms with Crippen LogP contribution in [0.4, 0.5) is 5.69 Å². The molecule has 0 radical (unpaired) electrons. The molecule has 1 amide bonds. The summed E-state index contributed by atoms with van der Waals surface area (Å²) in [5.41, 5.74) is 0.730. The van der Waals surface area contributed by atoms with Crippen LogP contribution in [0.15, 0.2) is 36.4 Å². The summed E-state index contributed by atoms with van der Waals surface area (Å²) in [5.74, 6) is 0.725. The van der Waals surface area contributed by atoms with Gasteiger partial charge in [0.1, 0.15) is 38.5 Å². The molecule has 2 heterocycles. The van der Waals surface area contributed by atoms with Gasteiger partial charge in [-0.3, -0.25) is 4.79 Å². The molecule has 1 aliphatic heterocycles. The number of piperazine rings is 1. The lowest BCUT2D eigenvalue weighted by Gasteiger charge is -2.29. The highest BCUT2D eigenvalue weighted by Crippen LogP contribution is 2.22. The van der Waals surface area contributed by atoms with Gasteiger partial charge in [0.15, 0.2) is 6.54 Å². The molecule has 5 nitrogen and oxygen atoms in total. The first-order valence-corrected chi connectivity index (χ1v) is 9.67. The minimum atomic E-state index is 0.0352. The van der Waals surface area contributed by atoms with Gasteiger partial charge in [0.2, 0.25) is 0 Å². The van der Waals surface area contributed by atoms with E-state index in [2.05, 4.69) is 11.4 Å². The standard InChI is InChI=1S/C18H22ClN3O2S/c1-24-16-5-3-2-4-15(16)20-18(23)13-22-10-8-21(9-11-22)12-14-6-7-17(19)25-14/h2-7H,8-13H2,1H3,(H,20,23)/p+2. The van der Waals surface area contributed by atoms with Crippen molar-refractivity contribution in [2.24, 2.45) is 0 Å². The Hall–Kier alpha value is -1.60. The fourth-order valence-electron chi connectivity index (χ4n) is 3.17. The van der Waals surface area contributed by atoms with Gasteiger partial charge in [0, 0.05) is 0 Å². The second-order valence-corrected chi connectivity index (χ2v) is 8.11. The van der Waals surface area contributed by atoms with Crippen LogP contribution in [0.25, 0.3) is 0 Å². The van der Waals surface area contributed by atoms with E-state index in [9.17, 15) is 4.79 Å². The Morgan fingerprint density at radius 3 is 2.56 bits per heavy atom. The summed E-state index contributed by atoms with van der Waals surface area (Å²) < 4.78 is 6.13. The van der Waals surface area contributed by atoms with E-state index in [1.54, 1.807) is 23.3 Å². The molecular formula is C18H24ClN3O2S+2. The molecule has 1 aliphatic rings. The highest BCUT2D eigenvalue weighted by molar-refractivity contribution is 7.16. The quantitative estimate of drug-likeness (QED) is 0.675. The molecule has 1 aromatic heterocycles. The third-order valence-electron chi connectivity index (χ3n) is 4.51. The molecule has 0 unspecified atom stereocenters. The number of carbonyl (C=O) groups is 1. The van der Waals surface area contributed by atoms with E-state index >= 15 is 0 Å². The van der Waals surface area contributed by atoms with E-state index in [-0.39, 0.29) is 5.91 Å². The van der Waals surface area contributed by atoms with Gasteiger partial charge in [-0.25, -0.2) is 0 Å². The van der Waals surface area contributed by atoms with Crippen molar-refractivity contribution in [3.05, 3.63) is 45.6 Å². The Balaban J connectivity index is 1.44. The zero-order valence-corrected chi connectivity index (χ0v) is 15.9. The van der Waals surface area contributed by atoms with Crippen molar-refractivity contribution in [2.75, 3.05) is 45.2 Å². The van der Waals surface area contributed by atoms with Crippen LogP contribution in [0.5, 0.6) is 5.75 Å². The van der Waals surface area contributed by atoms with Crippen LogP contribution in [0.1, 0.15) is 4.88 Å². The molecule has 7 heteroatoms. The van der Waals surface area contributed by atoms with Crippen LogP contribution in [-0.4, -0.2) is 45.7 Å². The molecule has 0 aliphatic carbocycles. The number of carbonyl (C=O) groups excluding carboxylic acids is 1. The van der Waals surface area contributed by atoms with Crippen LogP contribution in [0.3, 0.4) is 0 Å². The van der Waals surface area contributed by atoms with Crippen molar-refractivity contribution in [3.8, 4) is 5.75 Å². The number of rotatable bonds is 6. The molecule has 3 N–H and O–H groups in total. The number of nitrogens with one attached hydrogen (secondary N) is 3. The monoisotopic (exact) mass is 381 g/mol. The molecule has 2 aromatic rings. The zero-order chi connectivity index (χ0) is 17.6. The van der Waals surface area contributed by atoms with Crippen LogP contribution in [-0.2, 0) is 11.3 Å². The van der Waals surface area contributed by atoms with Gasteiger partial charge < -0.3 is 19.9 Å². The first kappa shape index (κ1) is 18.2. The van der Waals surface area contributed by atoms with Gasteiger partial charge >= 0.3 is 0 Å². The van der Waals surface area contributed by atoms with Crippen LogP contribution in [0.2, 0.25) is 4.34 Å². The van der Waals surface area contributed by atoms with Crippen LogP contribution >= 0.6 is 22.9 Å². The molecule has 25 heavy (non-hydrogen) atoms. The summed E-state index contributed by atoms with van der Waals surface area (Å²) >= 11 is 7.66. The van der Waals surface area contributed by atoms with Crippen molar-refractivity contribution in [3.63, 3.8) is 0 Å². The third kappa shape index (κ3) is 5.19. The SMILES string of the molecule is COc1ccccc1NC(=O)C[NH+]1CC[NH+](Cc2ccc(Cl)s2)CC1. The molecule has 1 saturated heterocycles. The molecule has 0 saturated carbocycles. The summed E-state index contributed by atoms with van der Waals surface area (Å²) in [4.78, 5) is 16.5. The molecule has 0 atom stereocenters. The summed E-state index contributed by atoms with van der Waals surface area (Å²) in [5, 5.41) is 2.96. The smallest absolute Gasteiger partial charge is 0.279 e. The molecule has 0 bridgehead atoms. The van der Waals surface area contributed by atoms with Crippen molar-refractivity contribution in [2.45, 2.75) is 6.54 Å². The summed E-state index contributed by atoms with van der Waals surface area (Å²) in [6, 6.07) is 11.6. The van der Waals surface area contributed by atoms with E-state index in [0.29, 0.717) is 12.3 Å². The Morgan fingerprint density at radius 2 is 1.88 bits per heavy atom. The number of benzene rings is 1. The molecule has 3 rings (SSSR count).